The van der Waals surface area contributed by atoms with E-state index in [9.17, 15) is 4.39 Å². The van der Waals surface area contributed by atoms with Crippen molar-refractivity contribution in [3.05, 3.63) is 56.4 Å². The zero-order chi connectivity index (χ0) is 12.3. The minimum Gasteiger partial charge on any atom is -0.207 e. The van der Waals surface area contributed by atoms with Crippen LogP contribution in [-0.4, -0.2) is 5.88 Å². The normalized spacial score (nSPS) is 12.6. The number of alkyl halides is 1. The molecule has 17 heavy (non-hydrogen) atoms. The van der Waals surface area contributed by atoms with E-state index in [0.717, 1.165) is 16.5 Å². The van der Waals surface area contributed by atoms with E-state index in [0.29, 0.717) is 5.88 Å². The van der Waals surface area contributed by atoms with Gasteiger partial charge in [-0.1, -0.05) is 12.1 Å². The van der Waals surface area contributed by atoms with Crippen LogP contribution < -0.4 is 0 Å². The number of hydrogen-bond acceptors (Lipinski definition) is 1. The van der Waals surface area contributed by atoms with E-state index >= 15 is 0 Å². The third kappa shape index (κ3) is 3.54. The summed E-state index contributed by atoms with van der Waals surface area (Å²) >= 11 is 11.1. The van der Waals surface area contributed by atoms with Crippen LogP contribution in [0.15, 0.2) is 40.2 Å². The summed E-state index contributed by atoms with van der Waals surface area (Å²) in [6, 6.07) is 8.70. The average molecular weight is 334 g/mol. The number of hydrogen-bond donors (Lipinski definition) is 0. The van der Waals surface area contributed by atoms with E-state index < -0.39 is 0 Å². The second-order valence-corrected chi connectivity index (χ2v) is 6.06. The molecule has 2 rings (SSSR count). The Balaban J connectivity index is 2.13. The zero-order valence-corrected chi connectivity index (χ0v) is 12.2. The van der Waals surface area contributed by atoms with Crippen molar-refractivity contribution in [1.82, 2.24) is 0 Å². The van der Waals surface area contributed by atoms with Crippen molar-refractivity contribution in [1.29, 1.82) is 0 Å². The summed E-state index contributed by atoms with van der Waals surface area (Å²) in [7, 11) is 0. The smallest absolute Gasteiger partial charge is 0.123 e. The molecule has 4 heteroatoms. The molecule has 0 saturated carbocycles. The van der Waals surface area contributed by atoms with Gasteiger partial charge in [-0.05, 0) is 46.1 Å². The van der Waals surface area contributed by atoms with Crippen LogP contribution in [0.4, 0.5) is 4.39 Å². The highest BCUT2D eigenvalue weighted by molar-refractivity contribution is 9.10. The lowest BCUT2D eigenvalue weighted by Crippen LogP contribution is -2.03. The third-order valence-electron chi connectivity index (χ3n) is 2.60. The Morgan fingerprint density at radius 3 is 2.53 bits per heavy atom. The van der Waals surface area contributed by atoms with Crippen LogP contribution in [0.2, 0.25) is 0 Å². The minimum atomic E-state index is -0.207. The Morgan fingerprint density at radius 1 is 1.29 bits per heavy atom. The van der Waals surface area contributed by atoms with E-state index in [1.165, 1.54) is 17.0 Å². The molecule has 1 heterocycles. The molecule has 0 bridgehead atoms. The van der Waals surface area contributed by atoms with Crippen molar-refractivity contribution in [2.24, 2.45) is 0 Å². The van der Waals surface area contributed by atoms with Crippen LogP contribution in [0.1, 0.15) is 16.4 Å². The minimum absolute atomic E-state index is 0.207. The molecular formula is C13H11BrClFS. The fourth-order valence-electron chi connectivity index (χ4n) is 1.70. The molecule has 1 atom stereocenters. The van der Waals surface area contributed by atoms with Gasteiger partial charge in [0.1, 0.15) is 5.82 Å². The standard InChI is InChI=1S/C13H11BrClFS/c14-11-6-13(17-8-11)5-10(7-15)9-1-3-12(16)4-2-9/h1-4,6,8,10H,5,7H2. The summed E-state index contributed by atoms with van der Waals surface area (Å²) in [5, 5.41) is 2.06. The van der Waals surface area contributed by atoms with E-state index in [-0.39, 0.29) is 11.7 Å². The van der Waals surface area contributed by atoms with Crippen molar-refractivity contribution in [3.8, 4) is 0 Å². The summed E-state index contributed by atoms with van der Waals surface area (Å²) in [5.74, 6) is 0.574. The van der Waals surface area contributed by atoms with Gasteiger partial charge in [-0.2, -0.15) is 0 Å². The van der Waals surface area contributed by atoms with Crippen molar-refractivity contribution < 1.29 is 4.39 Å². The number of halogens is 3. The van der Waals surface area contributed by atoms with Gasteiger partial charge in [0, 0.05) is 26.5 Å². The highest BCUT2D eigenvalue weighted by Crippen LogP contribution is 2.27. The molecule has 0 aliphatic rings. The Labute approximate surface area is 118 Å². The van der Waals surface area contributed by atoms with Crippen LogP contribution in [0, 0.1) is 5.82 Å². The monoisotopic (exact) mass is 332 g/mol. The number of thiophene rings is 1. The second-order valence-electron chi connectivity index (χ2n) is 3.84. The van der Waals surface area contributed by atoms with E-state index in [2.05, 4.69) is 27.4 Å². The van der Waals surface area contributed by atoms with Gasteiger partial charge in [-0.25, -0.2) is 4.39 Å². The summed E-state index contributed by atoms with van der Waals surface area (Å²) in [6.07, 6.45) is 0.894. The fraction of sp³-hybridized carbons (Fsp3) is 0.231. The largest absolute Gasteiger partial charge is 0.207 e. The van der Waals surface area contributed by atoms with Gasteiger partial charge in [0.2, 0.25) is 0 Å². The summed E-state index contributed by atoms with van der Waals surface area (Å²) < 4.78 is 13.9. The van der Waals surface area contributed by atoms with Crippen LogP contribution >= 0.6 is 38.9 Å². The van der Waals surface area contributed by atoms with Crippen molar-refractivity contribution in [3.63, 3.8) is 0 Å². The first-order chi connectivity index (χ1) is 8.19. The van der Waals surface area contributed by atoms with Gasteiger partial charge in [0.05, 0.1) is 0 Å². The lowest BCUT2D eigenvalue weighted by atomic mass is 9.97. The first kappa shape index (κ1) is 13.1. The van der Waals surface area contributed by atoms with Gasteiger partial charge >= 0.3 is 0 Å². The van der Waals surface area contributed by atoms with Crippen molar-refractivity contribution >= 4 is 38.9 Å². The molecule has 0 aliphatic heterocycles. The van der Waals surface area contributed by atoms with E-state index in [4.69, 9.17) is 11.6 Å². The van der Waals surface area contributed by atoms with Gasteiger partial charge in [0.25, 0.3) is 0 Å². The number of benzene rings is 1. The molecule has 0 amide bonds. The summed E-state index contributed by atoms with van der Waals surface area (Å²) in [5.41, 5.74) is 1.09. The summed E-state index contributed by atoms with van der Waals surface area (Å²) in [6.45, 7) is 0. The zero-order valence-electron chi connectivity index (χ0n) is 9.00. The Morgan fingerprint density at radius 2 is 2.00 bits per heavy atom. The summed E-state index contributed by atoms with van der Waals surface area (Å²) in [4.78, 5) is 1.28. The Bertz CT molecular complexity index is 480. The third-order valence-corrected chi connectivity index (χ3v) is 4.69. The molecule has 0 aliphatic carbocycles. The van der Waals surface area contributed by atoms with E-state index in [1.807, 2.05) is 12.1 Å². The van der Waals surface area contributed by atoms with Crippen molar-refractivity contribution in [2.45, 2.75) is 12.3 Å². The van der Waals surface area contributed by atoms with Crippen LogP contribution in [-0.2, 0) is 6.42 Å². The molecule has 0 radical (unpaired) electrons. The van der Waals surface area contributed by atoms with E-state index in [1.54, 1.807) is 11.3 Å². The average Bonchev–Trinajstić information content (AvgIpc) is 2.73. The molecule has 0 fully saturated rings. The topological polar surface area (TPSA) is 0 Å². The number of rotatable bonds is 4. The first-order valence-corrected chi connectivity index (χ1v) is 7.44. The van der Waals surface area contributed by atoms with Gasteiger partial charge in [0.15, 0.2) is 0 Å². The Kier molecular flexibility index (Phi) is 4.60. The maximum absolute atomic E-state index is 12.8. The lowest BCUT2D eigenvalue weighted by Gasteiger charge is -2.13. The molecule has 0 spiro atoms. The van der Waals surface area contributed by atoms with Gasteiger partial charge in [-0.15, -0.1) is 22.9 Å². The quantitative estimate of drug-likeness (QED) is 0.673. The highest BCUT2D eigenvalue weighted by Gasteiger charge is 2.12. The molecule has 90 valence electrons. The second kappa shape index (κ2) is 5.98. The van der Waals surface area contributed by atoms with Gasteiger partial charge < -0.3 is 0 Å². The highest BCUT2D eigenvalue weighted by atomic mass is 79.9. The SMILES string of the molecule is Fc1ccc(C(CCl)Cc2cc(Br)cs2)cc1. The van der Waals surface area contributed by atoms with Crippen LogP contribution in [0.3, 0.4) is 0 Å². The molecular weight excluding hydrogens is 323 g/mol. The van der Waals surface area contributed by atoms with Crippen LogP contribution in [0.25, 0.3) is 0 Å². The van der Waals surface area contributed by atoms with Crippen molar-refractivity contribution in [2.75, 3.05) is 5.88 Å². The maximum atomic E-state index is 12.8. The van der Waals surface area contributed by atoms with Crippen LogP contribution in [0.5, 0.6) is 0 Å². The Hall–Kier alpha value is -0.380. The first-order valence-electron chi connectivity index (χ1n) is 5.23. The molecule has 0 nitrogen and oxygen atoms in total. The molecule has 2 aromatic rings. The predicted octanol–water partition coefficient (Wildman–Crippen LogP) is 5.21. The fourth-order valence-corrected chi connectivity index (χ4v) is 3.52. The molecule has 1 aromatic heterocycles. The molecule has 1 aromatic carbocycles. The van der Waals surface area contributed by atoms with Gasteiger partial charge in [-0.3, -0.25) is 0 Å². The maximum Gasteiger partial charge on any atom is 0.123 e. The predicted molar refractivity (Wildman–Crippen MR) is 75.6 cm³/mol. The lowest BCUT2D eigenvalue weighted by molar-refractivity contribution is 0.625. The molecule has 0 saturated heterocycles. The molecule has 0 N–H and O–H groups in total. The molecule has 1 unspecified atom stereocenters.